The van der Waals surface area contributed by atoms with Crippen molar-refractivity contribution in [1.29, 1.82) is 0 Å². The SMILES string of the molecule is O=C(Nc1cc(Sc2ccccc2)cc([N+](=O)[O-])c1)C12CC3CC(CC(C3)C1)C2. The molecule has 4 bridgehead atoms. The van der Waals surface area contributed by atoms with Crippen LogP contribution in [-0.2, 0) is 4.79 Å². The van der Waals surface area contributed by atoms with Crippen molar-refractivity contribution in [3.63, 3.8) is 0 Å². The van der Waals surface area contributed by atoms with E-state index in [1.807, 2.05) is 36.4 Å². The van der Waals surface area contributed by atoms with Crippen LogP contribution in [0.15, 0.2) is 58.3 Å². The van der Waals surface area contributed by atoms with E-state index < -0.39 is 4.92 Å². The number of anilines is 1. The summed E-state index contributed by atoms with van der Waals surface area (Å²) in [5, 5.41) is 14.5. The smallest absolute Gasteiger partial charge is 0.272 e. The van der Waals surface area contributed by atoms with Gasteiger partial charge in [0.15, 0.2) is 0 Å². The lowest BCUT2D eigenvalue weighted by atomic mass is 9.49. The van der Waals surface area contributed by atoms with Gasteiger partial charge in [-0.1, -0.05) is 30.0 Å². The van der Waals surface area contributed by atoms with Crippen molar-refractivity contribution in [2.75, 3.05) is 5.32 Å². The molecule has 4 fully saturated rings. The van der Waals surface area contributed by atoms with Crippen LogP contribution < -0.4 is 5.32 Å². The van der Waals surface area contributed by atoms with Crippen LogP contribution >= 0.6 is 11.8 Å². The number of nitrogens with zero attached hydrogens (tertiary/aromatic N) is 1. The first-order chi connectivity index (χ1) is 14.0. The lowest BCUT2D eigenvalue weighted by Gasteiger charge is -2.55. The minimum atomic E-state index is -0.393. The third-order valence-corrected chi connectivity index (χ3v) is 7.84. The standard InChI is InChI=1S/C23H24N2O3S/c26-22(23-12-15-6-16(13-23)8-17(7-15)14-23)24-18-9-19(25(27)28)11-21(10-18)29-20-4-2-1-3-5-20/h1-5,9-11,15-17H,6-8,12-14H2,(H,24,26). The van der Waals surface area contributed by atoms with Gasteiger partial charge in [0.25, 0.3) is 5.69 Å². The molecule has 0 unspecified atom stereocenters. The maximum atomic E-state index is 13.3. The molecule has 6 heteroatoms. The highest BCUT2D eigenvalue weighted by Crippen LogP contribution is 2.60. The molecule has 0 spiro atoms. The van der Waals surface area contributed by atoms with Gasteiger partial charge in [0, 0.05) is 27.6 Å². The van der Waals surface area contributed by atoms with Crippen LogP contribution in [0.3, 0.4) is 0 Å². The first-order valence-electron chi connectivity index (χ1n) is 10.3. The Morgan fingerprint density at radius 3 is 2.17 bits per heavy atom. The van der Waals surface area contributed by atoms with E-state index in [4.69, 9.17) is 0 Å². The van der Waals surface area contributed by atoms with E-state index >= 15 is 0 Å². The number of non-ortho nitro benzene ring substituents is 1. The molecule has 4 saturated carbocycles. The van der Waals surface area contributed by atoms with Crippen LogP contribution in [0.2, 0.25) is 0 Å². The second-order valence-electron chi connectivity index (χ2n) is 9.04. The second kappa shape index (κ2) is 7.17. The number of nitro benzene ring substituents is 1. The highest BCUT2D eigenvalue weighted by atomic mass is 32.2. The molecule has 5 nitrogen and oxygen atoms in total. The van der Waals surface area contributed by atoms with Gasteiger partial charge in [-0.15, -0.1) is 0 Å². The molecule has 150 valence electrons. The molecule has 1 N–H and O–H groups in total. The zero-order chi connectivity index (χ0) is 20.0. The molecule has 1 amide bonds. The fourth-order valence-corrected chi connectivity index (χ4v) is 7.03. The van der Waals surface area contributed by atoms with Crippen molar-refractivity contribution in [3.05, 3.63) is 58.6 Å². The van der Waals surface area contributed by atoms with Gasteiger partial charge in [-0.3, -0.25) is 14.9 Å². The molecule has 0 heterocycles. The molecule has 0 atom stereocenters. The van der Waals surface area contributed by atoms with Gasteiger partial charge >= 0.3 is 0 Å². The molecule has 0 aromatic heterocycles. The number of benzene rings is 2. The summed E-state index contributed by atoms with van der Waals surface area (Å²) in [6, 6.07) is 14.7. The summed E-state index contributed by atoms with van der Waals surface area (Å²) in [5.74, 6) is 2.11. The summed E-state index contributed by atoms with van der Waals surface area (Å²) in [7, 11) is 0. The molecule has 0 saturated heterocycles. The quantitative estimate of drug-likeness (QED) is 0.494. The number of rotatable bonds is 5. The highest BCUT2D eigenvalue weighted by molar-refractivity contribution is 7.99. The topological polar surface area (TPSA) is 72.2 Å². The highest BCUT2D eigenvalue weighted by Gasteiger charge is 2.54. The van der Waals surface area contributed by atoms with Gasteiger partial charge in [0.2, 0.25) is 5.91 Å². The minimum Gasteiger partial charge on any atom is -0.325 e. The van der Waals surface area contributed by atoms with Gasteiger partial charge in [-0.25, -0.2) is 0 Å². The molecular weight excluding hydrogens is 384 g/mol. The predicted octanol–water partition coefficient (Wildman–Crippen LogP) is 5.90. The fraction of sp³-hybridized carbons (Fsp3) is 0.435. The number of nitrogens with one attached hydrogen (secondary N) is 1. The average Bonchev–Trinajstić information content (AvgIpc) is 2.67. The Balaban J connectivity index is 1.40. The average molecular weight is 409 g/mol. The van der Waals surface area contributed by atoms with Crippen molar-refractivity contribution in [1.82, 2.24) is 0 Å². The number of amides is 1. The molecule has 4 aliphatic rings. The number of carbonyl (C=O) groups is 1. The summed E-state index contributed by atoms with van der Waals surface area (Å²) in [6.45, 7) is 0. The van der Waals surface area contributed by atoms with E-state index in [0.29, 0.717) is 23.4 Å². The Labute approximate surface area is 174 Å². The third-order valence-electron chi connectivity index (χ3n) is 6.86. The first kappa shape index (κ1) is 18.7. The van der Waals surface area contributed by atoms with Gasteiger partial charge in [0.1, 0.15) is 0 Å². The maximum Gasteiger partial charge on any atom is 0.272 e. The lowest BCUT2D eigenvalue weighted by molar-refractivity contribution is -0.385. The number of hydrogen-bond donors (Lipinski definition) is 1. The van der Waals surface area contributed by atoms with Crippen molar-refractivity contribution in [3.8, 4) is 0 Å². The monoisotopic (exact) mass is 408 g/mol. The van der Waals surface area contributed by atoms with Crippen molar-refractivity contribution < 1.29 is 9.72 Å². The molecule has 0 radical (unpaired) electrons. The molecule has 6 rings (SSSR count). The maximum absolute atomic E-state index is 13.3. The predicted molar refractivity (Wildman–Crippen MR) is 113 cm³/mol. The van der Waals surface area contributed by atoms with Gasteiger partial charge in [-0.2, -0.15) is 0 Å². The summed E-state index contributed by atoms with van der Waals surface area (Å²) < 4.78 is 0. The van der Waals surface area contributed by atoms with Crippen molar-refractivity contribution >= 4 is 29.0 Å². The Bertz CT molecular complexity index is 925. The van der Waals surface area contributed by atoms with E-state index in [-0.39, 0.29) is 17.0 Å². The summed E-state index contributed by atoms with van der Waals surface area (Å²) in [5.41, 5.74) is 0.261. The zero-order valence-corrected chi connectivity index (χ0v) is 17.0. The fourth-order valence-electron chi connectivity index (χ4n) is 6.10. The van der Waals surface area contributed by atoms with Crippen LogP contribution in [0.25, 0.3) is 0 Å². The number of carbonyl (C=O) groups excluding carboxylic acids is 1. The van der Waals surface area contributed by atoms with E-state index in [9.17, 15) is 14.9 Å². The van der Waals surface area contributed by atoms with Crippen LogP contribution in [-0.4, -0.2) is 10.8 Å². The molecule has 0 aliphatic heterocycles. The molecule has 2 aromatic carbocycles. The number of hydrogen-bond acceptors (Lipinski definition) is 4. The van der Waals surface area contributed by atoms with Crippen LogP contribution in [0.5, 0.6) is 0 Å². The Kier molecular flexibility index (Phi) is 4.62. The third kappa shape index (κ3) is 3.66. The van der Waals surface area contributed by atoms with Crippen LogP contribution in [0.1, 0.15) is 38.5 Å². The Morgan fingerprint density at radius 2 is 1.59 bits per heavy atom. The normalized spacial score (nSPS) is 29.6. The van der Waals surface area contributed by atoms with Crippen molar-refractivity contribution in [2.45, 2.75) is 48.3 Å². The largest absolute Gasteiger partial charge is 0.325 e. The zero-order valence-electron chi connectivity index (χ0n) is 16.2. The summed E-state index contributed by atoms with van der Waals surface area (Å²) in [6.07, 6.45) is 6.77. The van der Waals surface area contributed by atoms with E-state index in [0.717, 1.165) is 29.1 Å². The van der Waals surface area contributed by atoms with Gasteiger partial charge in [0.05, 0.1) is 10.3 Å². The van der Waals surface area contributed by atoms with Crippen molar-refractivity contribution in [2.24, 2.45) is 23.2 Å². The van der Waals surface area contributed by atoms with E-state index in [1.165, 1.54) is 37.1 Å². The second-order valence-corrected chi connectivity index (χ2v) is 10.2. The lowest BCUT2D eigenvalue weighted by Crippen LogP contribution is -2.51. The van der Waals surface area contributed by atoms with Gasteiger partial charge in [-0.05, 0) is 74.5 Å². The Morgan fingerprint density at radius 1 is 0.966 bits per heavy atom. The van der Waals surface area contributed by atoms with E-state index in [1.54, 1.807) is 6.07 Å². The van der Waals surface area contributed by atoms with E-state index in [2.05, 4.69) is 5.32 Å². The minimum absolute atomic E-state index is 0.00624. The van der Waals surface area contributed by atoms with Crippen LogP contribution in [0, 0.1) is 33.3 Å². The van der Waals surface area contributed by atoms with Gasteiger partial charge < -0.3 is 5.32 Å². The summed E-state index contributed by atoms with van der Waals surface area (Å²) in [4.78, 5) is 26.1. The molecule has 2 aromatic rings. The number of nitro groups is 1. The molecule has 29 heavy (non-hydrogen) atoms. The Hall–Kier alpha value is -2.34. The van der Waals surface area contributed by atoms with Crippen LogP contribution in [0.4, 0.5) is 11.4 Å². The molecular formula is C23H24N2O3S. The first-order valence-corrected chi connectivity index (χ1v) is 11.1. The molecule has 4 aliphatic carbocycles. The summed E-state index contributed by atoms with van der Waals surface area (Å²) >= 11 is 1.46.